The second-order valence-corrected chi connectivity index (χ2v) is 5.70. The fourth-order valence-corrected chi connectivity index (χ4v) is 1.36. The summed E-state index contributed by atoms with van der Waals surface area (Å²) in [4.78, 5) is 10.8. The van der Waals surface area contributed by atoms with E-state index in [4.69, 9.17) is 9.39 Å². The Labute approximate surface area is 119 Å². The van der Waals surface area contributed by atoms with Crippen molar-refractivity contribution in [2.45, 2.75) is 45.8 Å². The van der Waals surface area contributed by atoms with Crippen molar-refractivity contribution in [3.8, 4) is 5.75 Å². The molecule has 6 heteroatoms. The van der Waals surface area contributed by atoms with Gasteiger partial charge in [-0.25, -0.2) is 0 Å². The van der Waals surface area contributed by atoms with Crippen molar-refractivity contribution in [3.05, 3.63) is 24.3 Å². The van der Waals surface area contributed by atoms with Crippen LogP contribution in [0.2, 0.25) is 0 Å². The van der Waals surface area contributed by atoms with Gasteiger partial charge in [-0.2, -0.15) is 0 Å². The van der Waals surface area contributed by atoms with Gasteiger partial charge in [-0.15, -0.1) is 0 Å². The lowest BCUT2D eigenvalue weighted by atomic mass is 9.76. The highest BCUT2D eigenvalue weighted by Crippen LogP contribution is 2.25. The lowest BCUT2D eigenvalue weighted by Gasteiger charge is -2.38. The van der Waals surface area contributed by atoms with Crippen LogP contribution in [0.1, 0.15) is 34.6 Å². The zero-order chi connectivity index (χ0) is 15.6. The average Bonchev–Trinajstić information content (AvgIpc) is 2.26. The van der Waals surface area contributed by atoms with Crippen molar-refractivity contribution in [1.82, 2.24) is 0 Å². The van der Waals surface area contributed by atoms with Gasteiger partial charge in [0.15, 0.2) is 0 Å². The van der Waals surface area contributed by atoms with Crippen LogP contribution < -0.4 is 10.2 Å². The van der Waals surface area contributed by atoms with Crippen molar-refractivity contribution in [3.63, 3.8) is 0 Å². The topological polar surface area (TPSA) is 76.0 Å². The van der Waals surface area contributed by atoms with Crippen LogP contribution in [-0.4, -0.2) is 34.4 Å². The van der Waals surface area contributed by atoms with E-state index in [1.54, 1.807) is 52.0 Å². The number of aliphatic hydroxyl groups is 1. The number of hydrogen-bond acceptors (Lipinski definition) is 5. The first-order chi connectivity index (χ1) is 9.03. The molecule has 1 aromatic rings. The molecule has 0 saturated carbocycles. The van der Waals surface area contributed by atoms with Gasteiger partial charge in [-0.3, -0.25) is 4.79 Å². The molecule has 0 spiro atoms. The smallest absolute Gasteiger partial charge is 0.427 e. The molecule has 0 bridgehead atoms. The van der Waals surface area contributed by atoms with E-state index < -0.39 is 24.3 Å². The monoisotopic (exact) mass is 280 g/mol. The Morgan fingerprint density at radius 1 is 1.15 bits per heavy atom. The summed E-state index contributed by atoms with van der Waals surface area (Å²) >= 11 is 0. The van der Waals surface area contributed by atoms with Crippen molar-refractivity contribution in [2.75, 3.05) is 0 Å². The van der Waals surface area contributed by atoms with Crippen molar-refractivity contribution in [2.24, 2.45) is 0 Å². The standard InChI is InChI=1S/C14H21BO5/c1-10(16)19-12-8-6-11(7-9-12)15(18)20-14(4,5)13(2,3)17/h6-9,17-18H,1-5H3. The van der Waals surface area contributed by atoms with Gasteiger partial charge in [0.1, 0.15) is 5.75 Å². The predicted octanol–water partition coefficient (Wildman–Crippen LogP) is 0.865. The summed E-state index contributed by atoms with van der Waals surface area (Å²) in [6, 6.07) is 6.34. The molecule has 110 valence electrons. The quantitative estimate of drug-likeness (QED) is 0.475. The molecule has 0 heterocycles. The molecule has 5 nitrogen and oxygen atoms in total. The van der Waals surface area contributed by atoms with Crippen molar-refractivity contribution in [1.29, 1.82) is 0 Å². The molecule has 0 atom stereocenters. The van der Waals surface area contributed by atoms with E-state index >= 15 is 0 Å². The Hall–Kier alpha value is -1.37. The summed E-state index contributed by atoms with van der Waals surface area (Å²) in [5, 5.41) is 20.0. The first-order valence-electron chi connectivity index (χ1n) is 6.39. The number of esters is 1. The SMILES string of the molecule is CC(=O)Oc1ccc(B(O)OC(C)(C)C(C)(C)O)cc1. The number of carbonyl (C=O) groups excluding carboxylic acids is 1. The molecule has 0 aliphatic carbocycles. The van der Waals surface area contributed by atoms with Crippen molar-refractivity contribution >= 4 is 18.6 Å². The molecule has 0 aliphatic rings. The Kier molecular flexibility index (Phi) is 4.97. The summed E-state index contributed by atoms with van der Waals surface area (Å²) in [7, 11) is -1.18. The van der Waals surface area contributed by atoms with Crippen LogP contribution in [0.3, 0.4) is 0 Å². The van der Waals surface area contributed by atoms with Crippen LogP contribution in [0.25, 0.3) is 0 Å². The third-order valence-corrected chi connectivity index (χ3v) is 3.31. The maximum atomic E-state index is 10.8. The Morgan fingerprint density at radius 3 is 2.05 bits per heavy atom. The molecule has 0 saturated heterocycles. The highest BCUT2D eigenvalue weighted by Gasteiger charge is 2.39. The van der Waals surface area contributed by atoms with E-state index in [1.165, 1.54) is 6.92 Å². The van der Waals surface area contributed by atoms with E-state index in [9.17, 15) is 14.9 Å². The molecule has 20 heavy (non-hydrogen) atoms. The number of carbonyl (C=O) groups is 1. The Morgan fingerprint density at radius 2 is 1.65 bits per heavy atom. The maximum Gasteiger partial charge on any atom is 0.491 e. The van der Waals surface area contributed by atoms with Crippen molar-refractivity contribution < 1.29 is 24.3 Å². The zero-order valence-electron chi connectivity index (χ0n) is 12.5. The van der Waals surface area contributed by atoms with Crippen LogP contribution in [0.15, 0.2) is 24.3 Å². The fraction of sp³-hybridized carbons (Fsp3) is 0.500. The van der Waals surface area contributed by atoms with Crippen LogP contribution in [0, 0.1) is 0 Å². The number of benzene rings is 1. The van der Waals surface area contributed by atoms with E-state index in [-0.39, 0.29) is 0 Å². The molecular formula is C14H21BO5. The minimum absolute atomic E-state index is 0.398. The fourth-order valence-electron chi connectivity index (χ4n) is 1.36. The van der Waals surface area contributed by atoms with Gasteiger partial charge in [0.05, 0.1) is 11.2 Å². The first-order valence-corrected chi connectivity index (χ1v) is 6.39. The molecule has 0 aliphatic heterocycles. The van der Waals surface area contributed by atoms with Crippen LogP contribution in [-0.2, 0) is 9.45 Å². The predicted molar refractivity (Wildman–Crippen MR) is 76.8 cm³/mol. The second kappa shape index (κ2) is 5.95. The first kappa shape index (κ1) is 16.7. The van der Waals surface area contributed by atoms with E-state index in [0.29, 0.717) is 11.2 Å². The number of rotatable bonds is 5. The maximum absolute atomic E-state index is 10.8. The number of ether oxygens (including phenoxy) is 1. The molecule has 0 fully saturated rings. The molecule has 0 amide bonds. The van der Waals surface area contributed by atoms with Crippen LogP contribution >= 0.6 is 0 Å². The van der Waals surface area contributed by atoms with Gasteiger partial charge in [0.25, 0.3) is 0 Å². The highest BCUT2D eigenvalue weighted by atomic mass is 16.5. The summed E-state index contributed by atoms with van der Waals surface area (Å²) in [6.07, 6.45) is 0. The average molecular weight is 280 g/mol. The molecule has 0 aromatic heterocycles. The molecule has 2 N–H and O–H groups in total. The van der Waals surface area contributed by atoms with Gasteiger partial charge < -0.3 is 19.5 Å². The van der Waals surface area contributed by atoms with E-state index in [2.05, 4.69) is 0 Å². The van der Waals surface area contributed by atoms with E-state index in [1.807, 2.05) is 0 Å². The van der Waals surface area contributed by atoms with Gasteiger partial charge >= 0.3 is 13.1 Å². The largest absolute Gasteiger partial charge is 0.491 e. The lowest BCUT2D eigenvalue weighted by molar-refractivity contribution is -0.131. The molecular weight excluding hydrogens is 259 g/mol. The Bertz CT molecular complexity index is 461. The van der Waals surface area contributed by atoms with Crippen LogP contribution in [0.4, 0.5) is 0 Å². The molecule has 1 rings (SSSR count). The molecule has 0 radical (unpaired) electrons. The highest BCUT2D eigenvalue weighted by molar-refractivity contribution is 6.60. The molecule has 0 unspecified atom stereocenters. The van der Waals surface area contributed by atoms with Gasteiger partial charge in [0, 0.05) is 6.92 Å². The minimum Gasteiger partial charge on any atom is -0.427 e. The summed E-state index contributed by atoms with van der Waals surface area (Å²) in [6.45, 7) is 7.94. The minimum atomic E-state index is -1.18. The Balaban J connectivity index is 2.78. The third-order valence-electron chi connectivity index (χ3n) is 3.31. The normalized spacial score (nSPS) is 12.2. The zero-order valence-corrected chi connectivity index (χ0v) is 12.5. The van der Waals surface area contributed by atoms with Gasteiger partial charge in [0.2, 0.25) is 0 Å². The van der Waals surface area contributed by atoms with Gasteiger partial charge in [-0.05, 0) is 45.3 Å². The second-order valence-electron chi connectivity index (χ2n) is 5.70. The lowest BCUT2D eigenvalue weighted by Crippen LogP contribution is -2.53. The van der Waals surface area contributed by atoms with Crippen LogP contribution in [0.5, 0.6) is 5.75 Å². The van der Waals surface area contributed by atoms with Gasteiger partial charge in [-0.1, -0.05) is 12.1 Å². The summed E-state index contributed by atoms with van der Waals surface area (Å²) in [5.41, 5.74) is -1.52. The third kappa shape index (κ3) is 4.33. The number of hydrogen-bond donors (Lipinski definition) is 2. The summed E-state index contributed by atoms with van der Waals surface area (Å²) < 4.78 is 10.4. The summed E-state index contributed by atoms with van der Waals surface area (Å²) in [5.74, 6) is -0.00656. The van der Waals surface area contributed by atoms with E-state index in [0.717, 1.165) is 0 Å². The molecule has 1 aromatic carbocycles.